The molecule has 0 aliphatic carbocycles. The first kappa shape index (κ1) is 6.79. The average molecular weight is 145 g/mol. The quantitative estimate of drug-likeness (QED) is 0.429. The molecule has 56 valence electrons. The van der Waals surface area contributed by atoms with Gasteiger partial charge in [-0.25, -0.2) is 5.21 Å². The van der Waals surface area contributed by atoms with Crippen LogP contribution in [0.1, 0.15) is 0 Å². The van der Waals surface area contributed by atoms with Crippen molar-refractivity contribution in [1.82, 2.24) is 10.7 Å². The Labute approximate surface area is 57.4 Å². The highest BCUT2D eigenvalue weighted by Crippen LogP contribution is 1.81. The molecule has 0 aromatic carbocycles. The Bertz CT molecular complexity index is 167. The zero-order valence-corrected chi connectivity index (χ0v) is 5.37. The SMILES string of the molecule is O=[N+](O)NCC1=NCCN1. The first-order valence-corrected chi connectivity index (χ1v) is 2.96. The molecule has 0 bridgehead atoms. The Morgan fingerprint density at radius 1 is 1.90 bits per heavy atom. The van der Waals surface area contributed by atoms with Crippen LogP contribution in [0.15, 0.2) is 4.99 Å². The maximum atomic E-state index is 9.88. The standard InChI is InChI=1S/C4H9N4O2/c9-8(10)7-3-4-5-1-2-6-4/h7H,1-3H2,(H,5,6)(H,9,10)/q+1. The molecule has 1 rings (SSSR count). The molecular weight excluding hydrogens is 136 g/mol. The fourth-order valence-electron chi connectivity index (χ4n) is 0.708. The van der Waals surface area contributed by atoms with Crippen LogP contribution in [0.4, 0.5) is 0 Å². The van der Waals surface area contributed by atoms with E-state index in [0.29, 0.717) is 5.84 Å². The van der Waals surface area contributed by atoms with E-state index in [2.05, 4.69) is 15.7 Å². The van der Waals surface area contributed by atoms with Gasteiger partial charge in [0.1, 0.15) is 17.3 Å². The van der Waals surface area contributed by atoms with E-state index < -0.39 is 0 Å². The van der Waals surface area contributed by atoms with Crippen LogP contribution in [-0.2, 0) is 0 Å². The summed E-state index contributed by atoms with van der Waals surface area (Å²) in [5, 5.41) is 10.7. The summed E-state index contributed by atoms with van der Waals surface area (Å²) in [7, 11) is 0. The van der Waals surface area contributed by atoms with Crippen molar-refractivity contribution >= 4 is 5.84 Å². The summed E-state index contributed by atoms with van der Waals surface area (Å²) in [5.41, 5.74) is 2.13. The van der Waals surface area contributed by atoms with Crippen molar-refractivity contribution in [3.63, 3.8) is 0 Å². The number of hydrogen-bond acceptors (Lipinski definition) is 3. The lowest BCUT2D eigenvalue weighted by Gasteiger charge is -1.94. The third-order valence-electron chi connectivity index (χ3n) is 1.13. The molecule has 10 heavy (non-hydrogen) atoms. The summed E-state index contributed by atoms with van der Waals surface area (Å²) in [5.74, 6) is 0.704. The molecule has 1 heterocycles. The minimum Gasteiger partial charge on any atom is -0.370 e. The Kier molecular flexibility index (Phi) is 2.03. The molecule has 0 atom stereocenters. The van der Waals surface area contributed by atoms with Gasteiger partial charge < -0.3 is 5.32 Å². The number of hydrazine groups is 1. The van der Waals surface area contributed by atoms with Gasteiger partial charge in [-0.1, -0.05) is 5.43 Å². The van der Waals surface area contributed by atoms with E-state index in [0.717, 1.165) is 13.1 Å². The van der Waals surface area contributed by atoms with Gasteiger partial charge in [0.15, 0.2) is 0 Å². The van der Waals surface area contributed by atoms with Crippen LogP contribution < -0.4 is 10.7 Å². The second-order valence-electron chi connectivity index (χ2n) is 1.86. The molecule has 0 saturated carbocycles. The molecule has 0 amide bonds. The zero-order chi connectivity index (χ0) is 7.40. The number of aliphatic imine (C=N–C) groups is 1. The molecule has 1 aliphatic heterocycles. The summed E-state index contributed by atoms with van der Waals surface area (Å²) < 4.78 is 0. The Morgan fingerprint density at radius 3 is 3.20 bits per heavy atom. The van der Waals surface area contributed by atoms with Crippen LogP contribution in [0.3, 0.4) is 0 Å². The van der Waals surface area contributed by atoms with Crippen LogP contribution in [0, 0.1) is 4.91 Å². The number of hydrogen-bond donors (Lipinski definition) is 3. The van der Waals surface area contributed by atoms with Gasteiger partial charge in [-0.3, -0.25) is 4.99 Å². The van der Waals surface area contributed by atoms with Crippen molar-refractivity contribution < 1.29 is 10.2 Å². The van der Waals surface area contributed by atoms with E-state index in [-0.39, 0.29) is 11.6 Å². The van der Waals surface area contributed by atoms with Gasteiger partial charge in [-0.15, -0.1) is 0 Å². The van der Waals surface area contributed by atoms with E-state index >= 15 is 0 Å². The van der Waals surface area contributed by atoms with E-state index in [4.69, 9.17) is 5.21 Å². The van der Waals surface area contributed by atoms with Gasteiger partial charge in [0.25, 0.3) is 0 Å². The van der Waals surface area contributed by atoms with Crippen molar-refractivity contribution in [2.45, 2.75) is 0 Å². The predicted octanol–water partition coefficient (Wildman–Crippen LogP) is -1.34. The lowest BCUT2D eigenvalue weighted by Crippen LogP contribution is -2.35. The van der Waals surface area contributed by atoms with Crippen LogP contribution in [0.2, 0.25) is 0 Å². The van der Waals surface area contributed by atoms with Gasteiger partial charge in [-0.2, -0.15) is 0 Å². The molecule has 6 nitrogen and oxygen atoms in total. The zero-order valence-electron chi connectivity index (χ0n) is 5.37. The maximum absolute atomic E-state index is 9.88. The molecule has 3 N–H and O–H groups in total. The van der Waals surface area contributed by atoms with Crippen molar-refractivity contribution in [3.8, 4) is 0 Å². The largest absolute Gasteiger partial charge is 0.370 e. The van der Waals surface area contributed by atoms with E-state index in [1.54, 1.807) is 0 Å². The molecule has 0 radical (unpaired) electrons. The monoisotopic (exact) mass is 145 g/mol. The van der Waals surface area contributed by atoms with Crippen LogP contribution in [0.5, 0.6) is 0 Å². The van der Waals surface area contributed by atoms with Gasteiger partial charge in [0.2, 0.25) is 0 Å². The molecule has 0 unspecified atom stereocenters. The third kappa shape index (κ3) is 1.88. The van der Waals surface area contributed by atoms with Crippen LogP contribution in [0.25, 0.3) is 0 Å². The summed E-state index contributed by atoms with van der Waals surface area (Å²) in [6, 6.07) is 0. The van der Waals surface area contributed by atoms with Crippen LogP contribution >= 0.6 is 0 Å². The molecule has 0 aromatic rings. The second kappa shape index (κ2) is 3.00. The number of rotatable bonds is 3. The fourth-order valence-corrected chi connectivity index (χ4v) is 0.708. The molecule has 0 saturated heterocycles. The summed E-state index contributed by atoms with van der Waals surface area (Å²) in [6.45, 7) is 1.79. The number of amidine groups is 1. The van der Waals surface area contributed by atoms with E-state index in [9.17, 15) is 4.91 Å². The van der Waals surface area contributed by atoms with Crippen molar-refractivity contribution in [3.05, 3.63) is 4.91 Å². The highest BCUT2D eigenvalue weighted by molar-refractivity contribution is 5.85. The smallest absolute Gasteiger partial charge is 0.355 e. The molecule has 0 spiro atoms. The Balaban J connectivity index is 2.19. The number of nitrogens with zero attached hydrogens (tertiary/aromatic N) is 2. The first-order valence-electron chi connectivity index (χ1n) is 2.96. The molecule has 0 aromatic heterocycles. The highest BCUT2D eigenvalue weighted by atomic mass is 16.7. The van der Waals surface area contributed by atoms with Gasteiger partial charge >= 0.3 is 5.03 Å². The second-order valence-corrected chi connectivity index (χ2v) is 1.86. The highest BCUT2D eigenvalue weighted by Gasteiger charge is 2.08. The lowest BCUT2D eigenvalue weighted by atomic mass is 10.6. The minimum absolute atomic E-state index is 0.250. The average Bonchev–Trinajstić information content (AvgIpc) is 2.34. The first-order chi connectivity index (χ1) is 4.79. The summed E-state index contributed by atoms with van der Waals surface area (Å²) >= 11 is 0. The van der Waals surface area contributed by atoms with E-state index in [1.807, 2.05) is 0 Å². The molecule has 0 fully saturated rings. The summed E-state index contributed by atoms with van der Waals surface area (Å²) in [4.78, 5) is 13.9. The topological polar surface area (TPSA) is 76.7 Å². The van der Waals surface area contributed by atoms with Crippen LogP contribution in [-0.4, -0.2) is 35.7 Å². The summed E-state index contributed by atoms with van der Waals surface area (Å²) in [6.07, 6.45) is 0. The third-order valence-corrected chi connectivity index (χ3v) is 1.13. The van der Waals surface area contributed by atoms with Crippen molar-refractivity contribution in [2.75, 3.05) is 19.6 Å². The predicted molar refractivity (Wildman–Crippen MR) is 33.7 cm³/mol. The van der Waals surface area contributed by atoms with E-state index in [1.165, 1.54) is 0 Å². The molecular formula is C4H9N4O2+. The van der Waals surface area contributed by atoms with Crippen molar-refractivity contribution in [1.29, 1.82) is 0 Å². The fraction of sp³-hybridized carbons (Fsp3) is 0.750. The minimum atomic E-state index is -0.331. The maximum Gasteiger partial charge on any atom is 0.355 e. The van der Waals surface area contributed by atoms with Gasteiger partial charge in [-0.05, 0) is 0 Å². The van der Waals surface area contributed by atoms with Gasteiger partial charge in [0, 0.05) is 6.54 Å². The molecule has 6 heteroatoms. The molecule has 1 aliphatic rings. The van der Waals surface area contributed by atoms with Gasteiger partial charge in [0.05, 0.1) is 6.54 Å². The Hall–Kier alpha value is -1.33. The normalized spacial score (nSPS) is 15.8. The lowest BCUT2D eigenvalue weighted by molar-refractivity contribution is -0.831. The Morgan fingerprint density at radius 2 is 2.70 bits per heavy atom. The van der Waals surface area contributed by atoms with Crippen molar-refractivity contribution in [2.24, 2.45) is 4.99 Å². The number of nitrogens with one attached hydrogen (secondary N) is 2.